The van der Waals surface area contributed by atoms with Crippen LogP contribution < -0.4 is 11.1 Å². The summed E-state index contributed by atoms with van der Waals surface area (Å²) in [4.78, 5) is 27.3. The fraction of sp³-hybridized carbons (Fsp3) is 0. The van der Waals surface area contributed by atoms with Crippen molar-refractivity contribution in [3.8, 4) is 0 Å². The highest BCUT2D eigenvalue weighted by molar-refractivity contribution is 6.21. The van der Waals surface area contributed by atoms with Gasteiger partial charge in [-0.15, -0.1) is 0 Å². The Hall–Kier alpha value is -2.95. The third-order valence-electron chi connectivity index (χ3n) is 3.04. The van der Waals surface area contributed by atoms with E-state index in [0.717, 1.165) is 5.56 Å². The maximum absolute atomic E-state index is 11.6. The Labute approximate surface area is 115 Å². The van der Waals surface area contributed by atoms with E-state index in [9.17, 15) is 9.59 Å². The molecule has 3 rings (SSSR count). The second-order valence-electron chi connectivity index (χ2n) is 4.38. The Kier molecular flexibility index (Phi) is 2.80. The number of carbonyl (C=O) groups excluding carboxylic acids is 2. The maximum atomic E-state index is 11.6. The normalized spacial score (nSPS) is 14.1. The molecule has 20 heavy (non-hydrogen) atoms. The van der Waals surface area contributed by atoms with Gasteiger partial charge in [0.05, 0.1) is 16.8 Å². The van der Waals surface area contributed by atoms with Crippen molar-refractivity contribution in [1.82, 2.24) is 5.32 Å². The lowest BCUT2D eigenvalue weighted by molar-refractivity contribution is 0.0879. The van der Waals surface area contributed by atoms with Gasteiger partial charge in [0.2, 0.25) is 0 Å². The van der Waals surface area contributed by atoms with Crippen molar-refractivity contribution < 1.29 is 9.59 Å². The van der Waals surface area contributed by atoms with Crippen LogP contribution in [0.3, 0.4) is 0 Å². The number of benzene rings is 2. The summed E-state index contributed by atoms with van der Waals surface area (Å²) >= 11 is 0. The predicted molar refractivity (Wildman–Crippen MR) is 75.1 cm³/mol. The SMILES string of the molecule is NC(=Nc1ccc2c(c1)C(=O)NC2=O)c1ccccc1. The Bertz CT molecular complexity index is 736. The highest BCUT2D eigenvalue weighted by atomic mass is 16.2. The summed E-state index contributed by atoms with van der Waals surface area (Å²) in [7, 11) is 0. The molecule has 0 aliphatic carbocycles. The van der Waals surface area contributed by atoms with E-state index in [1.54, 1.807) is 18.2 Å². The minimum atomic E-state index is -0.402. The molecule has 3 N–H and O–H groups in total. The molecule has 0 spiro atoms. The van der Waals surface area contributed by atoms with E-state index in [0.29, 0.717) is 22.6 Å². The second kappa shape index (κ2) is 4.62. The molecule has 1 heterocycles. The van der Waals surface area contributed by atoms with Gasteiger partial charge in [-0.05, 0) is 18.2 Å². The van der Waals surface area contributed by atoms with Crippen molar-refractivity contribution in [2.24, 2.45) is 10.7 Å². The van der Waals surface area contributed by atoms with Crippen LogP contribution in [0.25, 0.3) is 0 Å². The summed E-state index contributed by atoms with van der Waals surface area (Å²) < 4.78 is 0. The van der Waals surface area contributed by atoms with Crippen LogP contribution in [0.2, 0.25) is 0 Å². The zero-order chi connectivity index (χ0) is 14.1. The fourth-order valence-electron chi connectivity index (χ4n) is 2.04. The van der Waals surface area contributed by atoms with Crippen LogP contribution in [-0.2, 0) is 0 Å². The molecule has 0 bridgehead atoms. The number of nitrogens with zero attached hydrogens (tertiary/aromatic N) is 1. The number of hydrogen-bond acceptors (Lipinski definition) is 3. The molecule has 2 amide bonds. The van der Waals surface area contributed by atoms with Crippen molar-refractivity contribution in [2.45, 2.75) is 0 Å². The third kappa shape index (κ3) is 2.05. The van der Waals surface area contributed by atoms with Crippen LogP contribution in [-0.4, -0.2) is 17.6 Å². The Balaban J connectivity index is 1.99. The largest absolute Gasteiger partial charge is 0.383 e. The number of imide groups is 1. The summed E-state index contributed by atoms with van der Waals surface area (Å²) in [5.41, 5.74) is 7.95. The van der Waals surface area contributed by atoms with Crippen molar-refractivity contribution in [1.29, 1.82) is 0 Å². The van der Waals surface area contributed by atoms with Gasteiger partial charge in [0, 0.05) is 5.56 Å². The van der Waals surface area contributed by atoms with Crippen LogP contribution in [0, 0.1) is 0 Å². The summed E-state index contributed by atoms with van der Waals surface area (Å²) in [5.74, 6) is -0.424. The lowest BCUT2D eigenvalue weighted by Gasteiger charge is -2.02. The summed E-state index contributed by atoms with van der Waals surface area (Å²) in [5, 5.41) is 2.24. The quantitative estimate of drug-likeness (QED) is 0.491. The Morgan fingerprint density at radius 2 is 1.65 bits per heavy atom. The van der Waals surface area contributed by atoms with Gasteiger partial charge in [0.1, 0.15) is 5.84 Å². The second-order valence-corrected chi connectivity index (χ2v) is 4.38. The Morgan fingerprint density at radius 3 is 2.40 bits per heavy atom. The number of nitrogens with two attached hydrogens (primary N) is 1. The number of aliphatic imine (C=N–C) groups is 1. The monoisotopic (exact) mass is 265 g/mol. The molecule has 5 nitrogen and oxygen atoms in total. The van der Waals surface area contributed by atoms with Gasteiger partial charge in [0.15, 0.2) is 0 Å². The lowest BCUT2D eigenvalue weighted by atomic mass is 10.1. The van der Waals surface area contributed by atoms with E-state index in [2.05, 4.69) is 10.3 Å². The molecule has 0 unspecified atom stereocenters. The molecule has 1 aliphatic rings. The Morgan fingerprint density at radius 1 is 0.950 bits per heavy atom. The summed E-state index contributed by atoms with van der Waals surface area (Å²) in [6.45, 7) is 0. The van der Waals surface area contributed by atoms with E-state index < -0.39 is 5.91 Å². The van der Waals surface area contributed by atoms with E-state index in [4.69, 9.17) is 5.73 Å². The van der Waals surface area contributed by atoms with Gasteiger partial charge in [0.25, 0.3) is 11.8 Å². The van der Waals surface area contributed by atoms with E-state index in [1.807, 2.05) is 30.3 Å². The molecule has 0 saturated carbocycles. The topological polar surface area (TPSA) is 84.5 Å². The molecule has 5 heteroatoms. The first-order valence-corrected chi connectivity index (χ1v) is 6.04. The fourth-order valence-corrected chi connectivity index (χ4v) is 2.04. The number of amides is 2. The molecule has 0 radical (unpaired) electrons. The molecule has 0 fully saturated rings. The van der Waals surface area contributed by atoms with Crippen molar-refractivity contribution >= 4 is 23.3 Å². The van der Waals surface area contributed by atoms with Gasteiger partial charge in [-0.2, -0.15) is 0 Å². The average molecular weight is 265 g/mol. The molecule has 2 aromatic carbocycles. The molecule has 0 atom stereocenters. The molecule has 98 valence electrons. The van der Waals surface area contributed by atoms with Gasteiger partial charge < -0.3 is 5.73 Å². The molecule has 2 aromatic rings. The maximum Gasteiger partial charge on any atom is 0.259 e. The number of hydrogen-bond donors (Lipinski definition) is 2. The van der Waals surface area contributed by atoms with Gasteiger partial charge in [-0.1, -0.05) is 30.3 Å². The number of rotatable bonds is 2. The van der Waals surface area contributed by atoms with Gasteiger partial charge in [-0.25, -0.2) is 4.99 Å². The highest BCUT2D eigenvalue weighted by Gasteiger charge is 2.26. The zero-order valence-corrected chi connectivity index (χ0v) is 10.5. The lowest BCUT2D eigenvalue weighted by Crippen LogP contribution is -2.19. The highest BCUT2D eigenvalue weighted by Crippen LogP contribution is 2.22. The van der Waals surface area contributed by atoms with E-state index >= 15 is 0 Å². The molecular weight excluding hydrogens is 254 g/mol. The van der Waals surface area contributed by atoms with Crippen LogP contribution >= 0.6 is 0 Å². The van der Waals surface area contributed by atoms with Crippen molar-refractivity contribution in [2.75, 3.05) is 0 Å². The minimum Gasteiger partial charge on any atom is -0.383 e. The first-order valence-electron chi connectivity index (χ1n) is 6.04. The number of fused-ring (bicyclic) bond motifs is 1. The number of carbonyl (C=O) groups is 2. The van der Waals surface area contributed by atoms with Crippen LogP contribution in [0.1, 0.15) is 26.3 Å². The number of amidine groups is 1. The molecule has 0 saturated heterocycles. The smallest absolute Gasteiger partial charge is 0.259 e. The predicted octanol–water partition coefficient (Wildman–Crippen LogP) is 1.61. The molecular formula is C15H11N3O2. The molecule has 0 aromatic heterocycles. The van der Waals surface area contributed by atoms with E-state index in [-0.39, 0.29) is 5.91 Å². The third-order valence-corrected chi connectivity index (χ3v) is 3.04. The number of nitrogens with one attached hydrogen (secondary N) is 1. The first kappa shape index (κ1) is 12.1. The summed E-state index contributed by atoms with van der Waals surface area (Å²) in [6, 6.07) is 14.1. The van der Waals surface area contributed by atoms with Crippen molar-refractivity contribution in [3.05, 3.63) is 65.2 Å². The van der Waals surface area contributed by atoms with Crippen LogP contribution in [0.5, 0.6) is 0 Å². The molecule has 1 aliphatic heterocycles. The minimum absolute atomic E-state index is 0.331. The van der Waals surface area contributed by atoms with Gasteiger partial charge >= 0.3 is 0 Å². The van der Waals surface area contributed by atoms with Crippen LogP contribution in [0.15, 0.2) is 53.5 Å². The average Bonchev–Trinajstić information content (AvgIpc) is 2.75. The summed E-state index contributed by atoms with van der Waals surface area (Å²) in [6.07, 6.45) is 0. The van der Waals surface area contributed by atoms with Gasteiger partial charge in [-0.3, -0.25) is 14.9 Å². The van der Waals surface area contributed by atoms with E-state index in [1.165, 1.54) is 0 Å². The first-order chi connectivity index (χ1) is 9.65. The standard InChI is InChI=1S/C15H11N3O2/c16-13(9-4-2-1-3-5-9)17-10-6-7-11-12(8-10)15(20)18-14(11)19/h1-8H,(H2,16,17)(H,18,19,20). The van der Waals surface area contributed by atoms with Crippen LogP contribution in [0.4, 0.5) is 5.69 Å². The van der Waals surface area contributed by atoms with Crippen molar-refractivity contribution in [3.63, 3.8) is 0 Å². The zero-order valence-electron chi connectivity index (χ0n) is 10.5.